The van der Waals surface area contributed by atoms with Crippen LogP contribution in [0.1, 0.15) is 36.5 Å². The first kappa shape index (κ1) is 12.6. The molecule has 1 amide bonds. The van der Waals surface area contributed by atoms with Crippen LogP contribution in [0.4, 0.5) is 0 Å². The first-order valence-electron chi connectivity index (χ1n) is 5.41. The molecule has 0 unspecified atom stereocenters. The van der Waals surface area contributed by atoms with E-state index < -0.39 is 5.91 Å². The molecule has 1 rings (SSSR count). The van der Waals surface area contributed by atoms with E-state index in [-0.39, 0.29) is 5.69 Å². The predicted molar refractivity (Wildman–Crippen MR) is 61.7 cm³/mol. The Hall–Kier alpha value is -1.49. The van der Waals surface area contributed by atoms with Gasteiger partial charge < -0.3 is 11.1 Å². The zero-order chi connectivity index (χ0) is 12.0. The second-order valence-corrected chi connectivity index (χ2v) is 4.12. The van der Waals surface area contributed by atoms with E-state index in [2.05, 4.69) is 29.1 Å². The number of rotatable bonds is 6. The summed E-state index contributed by atoms with van der Waals surface area (Å²) < 4.78 is 0. The molecule has 3 N–H and O–H groups in total. The Morgan fingerprint density at radius 3 is 2.69 bits per heavy atom. The van der Waals surface area contributed by atoms with Crippen LogP contribution in [-0.4, -0.2) is 22.4 Å². The molecule has 5 nitrogen and oxygen atoms in total. The molecule has 1 aromatic rings. The number of carbonyl (C=O) groups is 1. The normalized spacial score (nSPS) is 10.7. The fourth-order valence-corrected chi connectivity index (χ4v) is 1.18. The summed E-state index contributed by atoms with van der Waals surface area (Å²) in [5.74, 6) is 0.141. The minimum absolute atomic E-state index is 0.200. The fraction of sp³-hybridized carbons (Fsp3) is 0.545. The molecule has 16 heavy (non-hydrogen) atoms. The molecule has 0 radical (unpaired) electrons. The van der Waals surface area contributed by atoms with Crippen molar-refractivity contribution in [1.82, 2.24) is 15.3 Å². The summed E-state index contributed by atoms with van der Waals surface area (Å²) in [7, 11) is 0. The van der Waals surface area contributed by atoms with E-state index in [1.165, 1.54) is 6.20 Å². The van der Waals surface area contributed by atoms with Crippen molar-refractivity contribution in [1.29, 1.82) is 0 Å². The van der Waals surface area contributed by atoms with E-state index >= 15 is 0 Å². The number of amides is 1. The summed E-state index contributed by atoms with van der Waals surface area (Å²) in [4.78, 5) is 18.8. The van der Waals surface area contributed by atoms with Crippen molar-refractivity contribution in [2.75, 3.05) is 6.54 Å². The minimum atomic E-state index is -0.549. The van der Waals surface area contributed by atoms with E-state index in [1.807, 2.05) is 0 Å². The maximum atomic E-state index is 10.8. The number of aromatic nitrogens is 2. The largest absolute Gasteiger partial charge is 0.364 e. The molecule has 0 spiro atoms. The van der Waals surface area contributed by atoms with Gasteiger partial charge in [-0.25, -0.2) is 4.98 Å². The van der Waals surface area contributed by atoms with Gasteiger partial charge in [0.15, 0.2) is 0 Å². The van der Waals surface area contributed by atoms with Gasteiger partial charge in [-0.05, 0) is 18.9 Å². The number of hydrogen-bond acceptors (Lipinski definition) is 4. The molecule has 88 valence electrons. The molecule has 0 aliphatic heterocycles. The lowest BCUT2D eigenvalue weighted by atomic mass is 10.1. The van der Waals surface area contributed by atoms with Gasteiger partial charge >= 0.3 is 0 Å². The van der Waals surface area contributed by atoms with Crippen molar-refractivity contribution in [2.45, 2.75) is 26.8 Å². The zero-order valence-corrected chi connectivity index (χ0v) is 9.73. The monoisotopic (exact) mass is 222 g/mol. The zero-order valence-electron chi connectivity index (χ0n) is 9.73. The molecule has 0 aromatic carbocycles. The Labute approximate surface area is 95.5 Å². The highest BCUT2D eigenvalue weighted by Crippen LogP contribution is 1.98. The first-order valence-corrected chi connectivity index (χ1v) is 5.41. The van der Waals surface area contributed by atoms with Crippen LogP contribution < -0.4 is 11.1 Å². The van der Waals surface area contributed by atoms with Crippen LogP contribution in [0.5, 0.6) is 0 Å². The fourth-order valence-electron chi connectivity index (χ4n) is 1.18. The first-order chi connectivity index (χ1) is 7.59. The van der Waals surface area contributed by atoms with Crippen molar-refractivity contribution in [3.8, 4) is 0 Å². The number of nitrogens with zero attached hydrogens (tertiary/aromatic N) is 2. The van der Waals surface area contributed by atoms with Gasteiger partial charge in [-0.3, -0.25) is 9.78 Å². The van der Waals surface area contributed by atoms with Gasteiger partial charge in [0.05, 0.1) is 18.1 Å². The van der Waals surface area contributed by atoms with Gasteiger partial charge in [0.1, 0.15) is 5.69 Å². The Balaban J connectivity index is 2.35. The van der Waals surface area contributed by atoms with E-state index in [0.717, 1.165) is 18.7 Å². The van der Waals surface area contributed by atoms with Gasteiger partial charge in [0, 0.05) is 6.54 Å². The number of hydrogen-bond donors (Lipinski definition) is 2. The molecule has 0 saturated heterocycles. The number of nitrogens with one attached hydrogen (secondary N) is 1. The van der Waals surface area contributed by atoms with Crippen molar-refractivity contribution in [2.24, 2.45) is 11.7 Å². The molecular weight excluding hydrogens is 204 g/mol. The van der Waals surface area contributed by atoms with Crippen LogP contribution in [0, 0.1) is 5.92 Å². The van der Waals surface area contributed by atoms with Crippen molar-refractivity contribution < 1.29 is 4.79 Å². The third-order valence-corrected chi connectivity index (χ3v) is 2.16. The summed E-state index contributed by atoms with van der Waals surface area (Å²) >= 11 is 0. The van der Waals surface area contributed by atoms with Crippen LogP contribution in [0.3, 0.4) is 0 Å². The molecular formula is C11H18N4O. The molecule has 0 saturated carbocycles. The minimum Gasteiger partial charge on any atom is -0.364 e. The molecule has 0 aliphatic rings. The molecule has 0 atom stereocenters. The van der Waals surface area contributed by atoms with Crippen molar-refractivity contribution in [3.63, 3.8) is 0 Å². The lowest BCUT2D eigenvalue weighted by Crippen LogP contribution is -2.18. The highest BCUT2D eigenvalue weighted by atomic mass is 16.1. The van der Waals surface area contributed by atoms with Gasteiger partial charge in [0.2, 0.25) is 0 Å². The molecule has 0 fully saturated rings. The Morgan fingerprint density at radius 1 is 1.44 bits per heavy atom. The standard InChI is InChI=1S/C11H18N4O/c1-8(2)3-4-13-5-9-6-15-10(7-14-9)11(12)16/h6-8,13H,3-5H2,1-2H3,(H2,12,16). The topological polar surface area (TPSA) is 80.9 Å². The van der Waals surface area contributed by atoms with Crippen molar-refractivity contribution in [3.05, 3.63) is 23.8 Å². The van der Waals surface area contributed by atoms with Crippen molar-refractivity contribution >= 4 is 5.91 Å². The molecule has 0 aliphatic carbocycles. The van der Waals surface area contributed by atoms with E-state index in [9.17, 15) is 4.79 Å². The quantitative estimate of drug-likeness (QED) is 0.695. The molecule has 0 bridgehead atoms. The number of carbonyl (C=O) groups excluding carboxylic acids is 1. The lowest BCUT2D eigenvalue weighted by molar-refractivity contribution is 0.0995. The molecule has 1 heterocycles. The van der Waals surface area contributed by atoms with Gasteiger partial charge in [-0.2, -0.15) is 0 Å². The smallest absolute Gasteiger partial charge is 0.268 e. The average molecular weight is 222 g/mol. The van der Waals surface area contributed by atoms with E-state index in [0.29, 0.717) is 12.5 Å². The second-order valence-electron chi connectivity index (χ2n) is 4.12. The summed E-state index contributed by atoms with van der Waals surface area (Å²) in [6.45, 7) is 5.99. The maximum Gasteiger partial charge on any atom is 0.268 e. The predicted octanol–water partition coefficient (Wildman–Crippen LogP) is 0.711. The third kappa shape index (κ3) is 4.35. The Bertz CT molecular complexity index is 334. The Morgan fingerprint density at radius 2 is 2.19 bits per heavy atom. The third-order valence-electron chi connectivity index (χ3n) is 2.16. The number of nitrogens with two attached hydrogens (primary N) is 1. The van der Waals surface area contributed by atoms with Crippen LogP contribution >= 0.6 is 0 Å². The Kier molecular flexibility index (Phi) is 4.85. The highest BCUT2D eigenvalue weighted by molar-refractivity contribution is 5.90. The van der Waals surface area contributed by atoms with Gasteiger partial charge in [0.25, 0.3) is 5.91 Å². The summed E-state index contributed by atoms with van der Waals surface area (Å²) in [5, 5.41) is 3.26. The van der Waals surface area contributed by atoms with Crippen LogP contribution in [0.25, 0.3) is 0 Å². The SMILES string of the molecule is CC(C)CCNCc1cnc(C(N)=O)cn1. The average Bonchev–Trinajstić information content (AvgIpc) is 2.25. The van der Waals surface area contributed by atoms with Gasteiger partial charge in [-0.15, -0.1) is 0 Å². The second kappa shape index (κ2) is 6.17. The van der Waals surface area contributed by atoms with Crippen LogP contribution in [-0.2, 0) is 6.54 Å². The number of primary amides is 1. The molecule has 1 aromatic heterocycles. The molecule has 5 heteroatoms. The van der Waals surface area contributed by atoms with E-state index in [1.54, 1.807) is 6.20 Å². The van der Waals surface area contributed by atoms with E-state index in [4.69, 9.17) is 5.73 Å². The van der Waals surface area contributed by atoms with Crippen LogP contribution in [0.15, 0.2) is 12.4 Å². The van der Waals surface area contributed by atoms with Crippen LogP contribution in [0.2, 0.25) is 0 Å². The lowest BCUT2D eigenvalue weighted by Gasteiger charge is -2.06. The summed E-state index contributed by atoms with van der Waals surface area (Å²) in [6, 6.07) is 0. The summed E-state index contributed by atoms with van der Waals surface area (Å²) in [6.07, 6.45) is 4.11. The van der Waals surface area contributed by atoms with Gasteiger partial charge in [-0.1, -0.05) is 13.8 Å². The maximum absolute atomic E-state index is 10.8. The summed E-state index contributed by atoms with van der Waals surface area (Å²) in [5.41, 5.74) is 6.08. The highest BCUT2D eigenvalue weighted by Gasteiger charge is 2.02.